The summed E-state index contributed by atoms with van der Waals surface area (Å²) in [5.41, 5.74) is 2.00. The molecule has 1 aliphatic rings. The van der Waals surface area contributed by atoms with Gasteiger partial charge in [-0.1, -0.05) is 11.6 Å². The van der Waals surface area contributed by atoms with Gasteiger partial charge < -0.3 is 19.9 Å². The molecule has 1 amide bonds. The molecule has 1 aromatic heterocycles. The number of nitrogens with zero attached hydrogens (tertiary/aromatic N) is 2. The summed E-state index contributed by atoms with van der Waals surface area (Å²) in [5, 5.41) is 2.97. The second kappa shape index (κ2) is 9.37. The number of rotatable bonds is 7. The van der Waals surface area contributed by atoms with E-state index in [1.54, 1.807) is 11.3 Å². The van der Waals surface area contributed by atoms with E-state index in [4.69, 9.17) is 16.3 Å². The number of thiophene rings is 1. The number of hydrogen-bond donors (Lipinski definition) is 1. The van der Waals surface area contributed by atoms with Crippen molar-refractivity contribution in [2.75, 3.05) is 50.1 Å². The SMILES string of the molecule is CN(CCC(=O)Nc1ccc(N2CCOCC2)cc1)Cc1ccc(Cl)s1. The lowest BCUT2D eigenvalue weighted by atomic mass is 10.2. The van der Waals surface area contributed by atoms with Crippen LogP contribution in [-0.2, 0) is 16.1 Å². The molecular weight excluding hydrogens is 370 g/mol. The number of nitrogens with one attached hydrogen (secondary N) is 1. The molecule has 1 saturated heterocycles. The third kappa shape index (κ3) is 5.71. The summed E-state index contributed by atoms with van der Waals surface area (Å²) in [4.78, 5) is 17.8. The van der Waals surface area contributed by atoms with Crippen LogP contribution in [0.1, 0.15) is 11.3 Å². The molecule has 26 heavy (non-hydrogen) atoms. The number of ether oxygens (including phenoxy) is 1. The highest BCUT2D eigenvalue weighted by atomic mass is 35.5. The van der Waals surface area contributed by atoms with Crippen molar-refractivity contribution in [1.82, 2.24) is 4.90 Å². The third-order valence-electron chi connectivity index (χ3n) is 4.30. The molecule has 140 valence electrons. The topological polar surface area (TPSA) is 44.8 Å². The predicted molar refractivity (Wildman–Crippen MR) is 108 cm³/mol. The van der Waals surface area contributed by atoms with Crippen LogP contribution >= 0.6 is 22.9 Å². The summed E-state index contributed by atoms with van der Waals surface area (Å²) < 4.78 is 6.17. The first-order valence-corrected chi connectivity index (χ1v) is 9.95. The van der Waals surface area contributed by atoms with Gasteiger partial charge >= 0.3 is 0 Å². The molecule has 0 saturated carbocycles. The normalized spacial score (nSPS) is 14.7. The van der Waals surface area contributed by atoms with Crippen molar-refractivity contribution in [3.8, 4) is 0 Å². The Balaban J connectivity index is 1.42. The van der Waals surface area contributed by atoms with Crippen LogP contribution < -0.4 is 10.2 Å². The maximum Gasteiger partial charge on any atom is 0.225 e. The number of hydrogen-bond acceptors (Lipinski definition) is 5. The number of amides is 1. The molecule has 2 aromatic rings. The molecule has 0 unspecified atom stereocenters. The molecule has 0 atom stereocenters. The summed E-state index contributed by atoms with van der Waals surface area (Å²) >= 11 is 7.53. The zero-order valence-electron chi connectivity index (χ0n) is 14.9. The van der Waals surface area contributed by atoms with E-state index < -0.39 is 0 Å². The predicted octanol–water partition coefficient (Wildman–Crippen LogP) is 3.70. The first-order chi connectivity index (χ1) is 12.6. The van der Waals surface area contributed by atoms with Crippen LogP contribution in [0.5, 0.6) is 0 Å². The minimum atomic E-state index is 0.0279. The van der Waals surface area contributed by atoms with E-state index in [-0.39, 0.29) is 5.91 Å². The van der Waals surface area contributed by atoms with Crippen molar-refractivity contribution < 1.29 is 9.53 Å². The second-order valence-corrected chi connectivity index (χ2v) is 8.19. The molecule has 5 nitrogen and oxygen atoms in total. The van der Waals surface area contributed by atoms with E-state index in [1.165, 1.54) is 10.6 Å². The molecule has 3 rings (SSSR count). The van der Waals surface area contributed by atoms with Gasteiger partial charge in [0.1, 0.15) is 0 Å². The maximum atomic E-state index is 12.2. The van der Waals surface area contributed by atoms with Gasteiger partial charge in [-0.05, 0) is 43.4 Å². The van der Waals surface area contributed by atoms with Crippen molar-refractivity contribution >= 4 is 40.2 Å². The van der Waals surface area contributed by atoms with Crippen molar-refractivity contribution in [2.45, 2.75) is 13.0 Å². The number of carbonyl (C=O) groups is 1. The average Bonchev–Trinajstić information content (AvgIpc) is 3.06. The van der Waals surface area contributed by atoms with Crippen LogP contribution in [0.4, 0.5) is 11.4 Å². The van der Waals surface area contributed by atoms with Gasteiger partial charge in [0.25, 0.3) is 0 Å². The van der Waals surface area contributed by atoms with E-state index in [0.717, 1.165) is 42.9 Å². The highest BCUT2D eigenvalue weighted by Crippen LogP contribution is 2.22. The Hall–Kier alpha value is -1.60. The van der Waals surface area contributed by atoms with E-state index >= 15 is 0 Å². The van der Waals surface area contributed by atoms with Gasteiger partial charge in [0.2, 0.25) is 5.91 Å². The standard InChI is InChI=1S/C19H24ClN3O2S/c1-22(14-17-6-7-18(20)26-17)9-8-19(24)21-15-2-4-16(5-3-15)23-10-12-25-13-11-23/h2-7H,8-14H2,1H3,(H,21,24). The van der Waals surface area contributed by atoms with Crippen molar-refractivity contribution in [3.63, 3.8) is 0 Å². The van der Waals surface area contributed by atoms with Crippen LogP contribution in [0.15, 0.2) is 36.4 Å². The van der Waals surface area contributed by atoms with Gasteiger partial charge in [0.05, 0.1) is 17.6 Å². The third-order valence-corrected chi connectivity index (χ3v) is 5.52. The zero-order valence-corrected chi connectivity index (χ0v) is 16.5. The van der Waals surface area contributed by atoms with E-state index in [2.05, 4.69) is 15.1 Å². The monoisotopic (exact) mass is 393 g/mol. The molecule has 0 aliphatic carbocycles. The Morgan fingerprint density at radius 1 is 1.23 bits per heavy atom. The molecule has 0 spiro atoms. The number of morpholine rings is 1. The Morgan fingerprint density at radius 2 is 1.96 bits per heavy atom. The van der Waals surface area contributed by atoms with Crippen molar-refractivity contribution in [3.05, 3.63) is 45.6 Å². The Labute approximate surface area is 163 Å². The lowest BCUT2D eigenvalue weighted by molar-refractivity contribution is -0.116. The number of benzene rings is 1. The molecule has 7 heteroatoms. The lowest BCUT2D eigenvalue weighted by Crippen LogP contribution is -2.36. The molecule has 1 fully saturated rings. The van der Waals surface area contributed by atoms with Gasteiger partial charge in [-0.15, -0.1) is 11.3 Å². The largest absolute Gasteiger partial charge is 0.378 e. The second-order valence-electron chi connectivity index (χ2n) is 6.39. The van der Waals surface area contributed by atoms with Crippen LogP contribution in [0.3, 0.4) is 0 Å². The lowest BCUT2D eigenvalue weighted by Gasteiger charge is -2.28. The maximum absolute atomic E-state index is 12.2. The first kappa shape index (κ1) is 19.2. The van der Waals surface area contributed by atoms with Gasteiger partial charge in [0, 0.05) is 48.9 Å². The number of carbonyl (C=O) groups excluding carboxylic acids is 1. The molecule has 0 bridgehead atoms. The van der Waals surface area contributed by atoms with Crippen LogP contribution in [0.2, 0.25) is 4.34 Å². The van der Waals surface area contributed by atoms with Gasteiger partial charge in [-0.3, -0.25) is 4.79 Å². The average molecular weight is 394 g/mol. The van der Waals surface area contributed by atoms with Gasteiger partial charge in [-0.25, -0.2) is 0 Å². The van der Waals surface area contributed by atoms with Crippen LogP contribution in [-0.4, -0.2) is 50.7 Å². The number of halogens is 1. The molecule has 0 radical (unpaired) electrons. The van der Waals surface area contributed by atoms with E-state index in [0.29, 0.717) is 13.0 Å². The highest BCUT2D eigenvalue weighted by molar-refractivity contribution is 7.16. The van der Waals surface area contributed by atoms with Gasteiger partial charge in [-0.2, -0.15) is 0 Å². The molecule has 2 heterocycles. The highest BCUT2D eigenvalue weighted by Gasteiger charge is 2.11. The Bertz CT molecular complexity index is 714. The van der Waals surface area contributed by atoms with E-state index in [9.17, 15) is 4.79 Å². The Morgan fingerprint density at radius 3 is 2.62 bits per heavy atom. The fourth-order valence-corrected chi connectivity index (χ4v) is 4.04. The summed E-state index contributed by atoms with van der Waals surface area (Å²) in [5.74, 6) is 0.0279. The summed E-state index contributed by atoms with van der Waals surface area (Å²) in [6.45, 7) is 4.86. The molecule has 1 N–H and O–H groups in total. The van der Waals surface area contributed by atoms with Gasteiger partial charge in [0.15, 0.2) is 0 Å². The van der Waals surface area contributed by atoms with Crippen LogP contribution in [0, 0.1) is 0 Å². The molecule has 1 aliphatic heterocycles. The van der Waals surface area contributed by atoms with Crippen molar-refractivity contribution in [1.29, 1.82) is 0 Å². The molecule has 1 aromatic carbocycles. The smallest absolute Gasteiger partial charge is 0.225 e. The van der Waals surface area contributed by atoms with E-state index in [1.807, 2.05) is 43.4 Å². The summed E-state index contributed by atoms with van der Waals surface area (Å²) in [6.07, 6.45) is 0.459. The first-order valence-electron chi connectivity index (χ1n) is 8.75. The Kier molecular flexibility index (Phi) is 6.91. The summed E-state index contributed by atoms with van der Waals surface area (Å²) in [7, 11) is 2.01. The minimum Gasteiger partial charge on any atom is -0.378 e. The van der Waals surface area contributed by atoms with Crippen molar-refractivity contribution in [2.24, 2.45) is 0 Å². The zero-order chi connectivity index (χ0) is 18.4. The fourth-order valence-electron chi connectivity index (χ4n) is 2.87. The minimum absolute atomic E-state index is 0.0279. The molecular formula is C19H24ClN3O2S. The fraction of sp³-hybridized carbons (Fsp3) is 0.421. The number of anilines is 2. The quantitative estimate of drug-likeness (QED) is 0.779. The summed E-state index contributed by atoms with van der Waals surface area (Å²) in [6, 6.07) is 11.9. The van der Waals surface area contributed by atoms with Crippen LogP contribution in [0.25, 0.3) is 0 Å².